The molecule has 0 radical (unpaired) electrons. The number of ether oxygens (including phenoxy) is 1. The Morgan fingerprint density at radius 1 is 1.70 bits per heavy atom. The van der Waals surface area contributed by atoms with Gasteiger partial charge in [0.25, 0.3) is 0 Å². The van der Waals surface area contributed by atoms with Crippen LogP contribution in [-0.2, 0) is 4.74 Å². The van der Waals surface area contributed by atoms with Crippen molar-refractivity contribution < 1.29 is 4.74 Å². The fraction of sp³-hybridized carbons (Fsp3) is 0.429. The highest BCUT2D eigenvalue weighted by Gasteiger charge is 2.28. The van der Waals surface area contributed by atoms with Crippen LogP contribution in [0.15, 0.2) is 21.9 Å². The zero-order chi connectivity index (χ0) is 6.97. The van der Waals surface area contributed by atoms with Gasteiger partial charge >= 0.3 is 0 Å². The topological polar surface area (TPSA) is 21.3 Å². The number of halogens is 1. The van der Waals surface area contributed by atoms with Gasteiger partial charge in [-0.15, -0.1) is 0 Å². The van der Waals surface area contributed by atoms with Gasteiger partial charge in [-0.05, 0) is 22.6 Å². The van der Waals surface area contributed by atoms with Gasteiger partial charge in [0.1, 0.15) is 6.10 Å². The maximum Gasteiger partial charge on any atom is 0.114 e. The van der Waals surface area contributed by atoms with Crippen molar-refractivity contribution in [3.63, 3.8) is 0 Å². The molecule has 2 rings (SSSR count). The molecule has 0 saturated heterocycles. The van der Waals surface area contributed by atoms with Crippen molar-refractivity contribution in [3.8, 4) is 0 Å². The summed E-state index contributed by atoms with van der Waals surface area (Å²) in [7, 11) is 0. The van der Waals surface area contributed by atoms with Gasteiger partial charge in [0.15, 0.2) is 0 Å². The van der Waals surface area contributed by atoms with Crippen LogP contribution in [0, 0.1) is 0 Å². The number of nitrogens with one attached hydrogen (secondary N) is 1. The lowest BCUT2D eigenvalue weighted by Crippen LogP contribution is -2.34. The number of fused-ring (bicyclic) bond motifs is 1. The Labute approximate surface area is 73.5 Å². The molecule has 2 atom stereocenters. The third-order valence-electron chi connectivity index (χ3n) is 1.73. The minimum absolute atomic E-state index is 0.283. The fourth-order valence-corrected chi connectivity index (χ4v) is 1.97. The second-order valence-electron chi connectivity index (χ2n) is 2.40. The minimum Gasteiger partial charge on any atom is -0.381 e. The van der Waals surface area contributed by atoms with Crippen molar-refractivity contribution in [2.75, 3.05) is 6.61 Å². The van der Waals surface area contributed by atoms with E-state index in [0.717, 1.165) is 6.61 Å². The van der Waals surface area contributed by atoms with Crippen LogP contribution in [-0.4, -0.2) is 18.8 Å². The van der Waals surface area contributed by atoms with Crippen molar-refractivity contribution in [2.45, 2.75) is 12.1 Å². The zero-order valence-corrected chi connectivity index (χ0v) is 7.54. The van der Waals surface area contributed by atoms with Crippen LogP contribution >= 0.6 is 22.6 Å². The Bertz CT molecular complexity index is 200. The minimum atomic E-state index is 0.283. The summed E-state index contributed by atoms with van der Waals surface area (Å²) in [5.41, 5.74) is 0. The van der Waals surface area contributed by atoms with E-state index in [1.54, 1.807) is 0 Å². The Kier molecular flexibility index (Phi) is 1.69. The summed E-state index contributed by atoms with van der Waals surface area (Å²) in [4.78, 5) is 0. The molecule has 54 valence electrons. The van der Waals surface area contributed by atoms with Crippen LogP contribution in [0.2, 0.25) is 0 Å². The molecular formula is C7H8INO. The van der Waals surface area contributed by atoms with E-state index in [1.807, 2.05) is 6.20 Å². The molecule has 3 heteroatoms. The molecule has 0 amide bonds. The molecule has 0 aromatic rings. The lowest BCUT2D eigenvalue weighted by molar-refractivity contribution is 0.0904. The average Bonchev–Trinajstić information content (AvgIpc) is 2.34. The van der Waals surface area contributed by atoms with E-state index in [-0.39, 0.29) is 6.10 Å². The molecule has 1 N–H and O–H groups in total. The van der Waals surface area contributed by atoms with Gasteiger partial charge in [-0.3, -0.25) is 0 Å². The predicted octanol–water partition coefficient (Wildman–Crippen LogP) is 1.19. The molecule has 0 aromatic carbocycles. The van der Waals surface area contributed by atoms with Gasteiger partial charge in [0.05, 0.1) is 12.6 Å². The molecule has 0 aromatic heterocycles. The smallest absolute Gasteiger partial charge is 0.114 e. The third-order valence-corrected chi connectivity index (χ3v) is 2.65. The molecule has 2 aliphatic rings. The van der Waals surface area contributed by atoms with Gasteiger partial charge in [0.2, 0.25) is 0 Å². The second kappa shape index (κ2) is 2.54. The standard InChI is InChI=1S/C7H8INO/c8-5-4-9-6-2-1-3-10-7(5)6/h1-2,4,6-7,9H,3H2. The predicted molar refractivity (Wildman–Crippen MR) is 47.9 cm³/mol. The normalized spacial score (nSPS) is 36.7. The highest BCUT2D eigenvalue weighted by atomic mass is 127. The molecule has 2 unspecified atom stereocenters. The lowest BCUT2D eigenvalue weighted by Gasteiger charge is -2.21. The van der Waals surface area contributed by atoms with Crippen LogP contribution in [0.25, 0.3) is 0 Å². The molecule has 2 heterocycles. The van der Waals surface area contributed by atoms with Crippen LogP contribution < -0.4 is 5.32 Å². The van der Waals surface area contributed by atoms with Gasteiger partial charge < -0.3 is 10.1 Å². The van der Waals surface area contributed by atoms with E-state index in [4.69, 9.17) is 4.74 Å². The van der Waals surface area contributed by atoms with Crippen molar-refractivity contribution in [2.24, 2.45) is 0 Å². The van der Waals surface area contributed by atoms with E-state index >= 15 is 0 Å². The van der Waals surface area contributed by atoms with Crippen LogP contribution in [0.4, 0.5) is 0 Å². The molecule has 0 fully saturated rings. The lowest BCUT2D eigenvalue weighted by atomic mass is 10.1. The average molecular weight is 249 g/mol. The van der Waals surface area contributed by atoms with Crippen LogP contribution in [0.5, 0.6) is 0 Å². The Morgan fingerprint density at radius 3 is 3.40 bits per heavy atom. The van der Waals surface area contributed by atoms with Crippen molar-refractivity contribution >= 4 is 22.6 Å². The summed E-state index contributed by atoms with van der Waals surface area (Å²) in [6.07, 6.45) is 6.52. The number of hydrogen-bond donors (Lipinski definition) is 1. The molecular weight excluding hydrogens is 241 g/mol. The first kappa shape index (κ1) is 6.67. The van der Waals surface area contributed by atoms with Crippen molar-refractivity contribution in [3.05, 3.63) is 21.9 Å². The van der Waals surface area contributed by atoms with E-state index in [2.05, 4.69) is 40.1 Å². The second-order valence-corrected chi connectivity index (χ2v) is 3.65. The first-order valence-electron chi connectivity index (χ1n) is 3.28. The quantitative estimate of drug-likeness (QED) is 0.514. The van der Waals surface area contributed by atoms with Gasteiger partial charge in [0, 0.05) is 9.78 Å². The summed E-state index contributed by atoms with van der Waals surface area (Å²) < 4.78 is 6.76. The zero-order valence-electron chi connectivity index (χ0n) is 5.38. The number of hydrogen-bond acceptors (Lipinski definition) is 2. The molecule has 0 saturated carbocycles. The summed E-state index contributed by atoms with van der Waals surface area (Å²) in [5, 5.41) is 3.23. The van der Waals surface area contributed by atoms with Crippen LogP contribution in [0.1, 0.15) is 0 Å². The van der Waals surface area contributed by atoms with Crippen molar-refractivity contribution in [1.29, 1.82) is 0 Å². The Morgan fingerprint density at radius 2 is 2.60 bits per heavy atom. The maximum atomic E-state index is 5.49. The summed E-state index contributed by atoms with van der Waals surface area (Å²) >= 11 is 2.31. The summed E-state index contributed by atoms with van der Waals surface area (Å²) in [5.74, 6) is 0. The summed E-state index contributed by atoms with van der Waals surface area (Å²) in [6, 6.07) is 0.389. The molecule has 2 nitrogen and oxygen atoms in total. The monoisotopic (exact) mass is 249 g/mol. The molecule has 0 spiro atoms. The summed E-state index contributed by atoms with van der Waals surface area (Å²) in [6.45, 7) is 0.753. The Hall–Kier alpha value is -0.0300. The van der Waals surface area contributed by atoms with Gasteiger partial charge in [-0.1, -0.05) is 12.2 Å². The molecule has 0 aliphatic carbocycles. The van der Waals surface area contributed by atoms with E-state index in [9.17, 15) is 0 Å². The first-order chi connectivity index (χ1) is 4.88. The van der Waals surface area contributed by atoms with E-state index in [0.29, 0.717) is 6.04 Å². The van der Waals surface area contributed by atoms with E-state index < -0.39 is 0 Å². The largest absolute Gasteiger partial charge is 0.381 e. The van der Waals surface area contributed by atoms with E-state index in [1.165, 1.54) is 3.58 Å². The molecule has 0 bridgehead atoms. The highest BCUT2D eigenvalue weighted by molar-refractivity contribution is 14.1. The van der Waals surface area contributed by atoms with Gasteiger partial charge in [-0.2, -0.15) is 0 Å². The maximum absolute atomic E-state index is 5.49. The van der Waals surface area contributed by atoms with Gasteiger partial charge in [-0.25, -0.2) is 0 Å². The molecule has 2 aliphatic heterocycles. The third kappa shape index (κ3) is 0.971. The van der Waals surface area contributed by atoms with Crippen molar-refractivity contribution in [1.82, 2.24) is 5.32 Å². The van der Waals surface area contributed by atoms with Crippen LogP contribution in [0.3, 0.4) is 0 Å². The SMILES string of the molecule is IC1=CNC2C=CCOC12. The Balaban J connectivity index is 2.19. The number of rotatable bonds is 0. The fourth-order valence-electron chi connectivity index (χ4n) is 1.22. The highest BCUT2D eigenvalue weighted by Crippen LogP contribution is 2.25. The molecule has 10 heavy (non-hydrogen) atoms. The first-order valence-corrected chi connectivity index (χ1v) is 4.36.